The molecule has 0 spiro atoms. The molecule has 2 aromatic rings. The Labute approximate surface area is 195 Å². The van der Waals surface area contributed by atoms with E-state index in [9.17, 15) is 24.6 Å². The van der Waals surface area contributed by atoms with Crippen molar-refractivity contribution in [3.05, 3.63) is 40.2 Å². The van der Waals surface area contributed by atoms with Crippen molar-refractivity contribution >= 4 is 47.4 Å². The number of carbonyl (C=O) groups is 2. The summed E-state index contributed by atoms with van der Waals surface area (Å²) in [6, 6.07) is 5.43. The molecule has 0 radical (unpaired) electrons. The van der Waals surface area contributed by atoms with Crippen molar-refractivity contribution in [1.82, 2.24) is 20.6 Å². The zero-order chi connectivity index (χ0) is 25.3. The summed E-state index contributed by atoms with van der Waals surface area (Å²) in [5.74, 6) is -0.850. The van der Waals surface area contributed by atoms with E-state index in [1.807, 2.05) is 0 Å². The van der Waals surface area contributed by atoms with Gasteiger partial charge in [-0.05, 0) is 44.3 Å². The van der Waals surface area contributed by atoms with E-state index in [0.29, 0.717) is 17.0 Å². The Kier molecular flexibility index (Phi) is 9.40. The number of aliphatic hydroxyl groups is 2. The predicted molar refractivity (Wildman–Crippen MR) is 129 cm³/mol. The van der Waals surface area contributed by atoms with Crippen molar-refractivity contribution < 1.29 is 19.8 Å². The van der Waals surface area contributed by atoms with Crippen LogP contribution in [0.4, 0.5) is 23.1 Å². The van der Waals surface area contributed by atoms with Crippen molar-refractivity contribution in [2.45, 2.75) is 32.1 Å². The predicted octanol–water partition coefficient (Wildman–Crippen LogP) is -0.176. The van der Waals surface area contributed by atoms with E-state index in [1.54, 1.807) is 31.2 Å². The number of rotatable bonds is 11. The van der Waals surface area contributed by atoms with Crippen LogP contribution in [0, 0.1) is 0 Å². The van der Waals surface area contributed by atoms with Gasteiger partial charge in [-0.25, -0.2) is 9.98 Å². The Morgan fingerprint density at radius 3 is 2.53 bits per heavy atom. The first kappa shape index (κ1) is 26.2. The maximum absolute atomic E-state index is 12.4. The summed E-state index contributed by atoms with van der Waals surface area (Å²) >= 11 is 0. The zero-order valence-corrected chi connectivity index (χ0v) is 18.8. The molecule has 1 aromatic carbocycles. The van der Waals surface area contributed by atoms with Gasteiger partial charge in [0.2, 0.25) is 11.9 Å². The maximum atomic E-state index is 12.4. The van der Waals surface area contributed by atoms with Crippen molar-refractivity contribution in [3.63, 3.8) is 0 Å². The highest BCUT2D eigenvalue weighted by Gasteiger charge is 2.21. The summed E-state index contributed by atoms with van der Waals surface area (Å²) in [7, 11) is 1.47. The lowest BCUT2D eigenvalue weighted by Crippen LogP contribution is -2.44. The molecule has 1 aromatic heterocycles. The molecular weight excluding hydrogens is 444 g/mol. The standard InChI is InChI=1S/C21H28N8O5/c1-11(26-16-17(24-3)28-21(22)29-19(16)32)10-25-13-6-4-12(5-7-13)18(31)27-14(20(33)34)8-9-15(30)23-2/h4-7,14,20,25,33-34H,3,8-10H2,1-2H3,(H,23,30)(H,27,31)(H3,22,28,29,32)/t14-/m1/s1. The molecule has 0 saturated carbocycles. The number of nitrogens with zero attached hydrogens (tertiary/aromatic N) is 3. The molecule has 13 heteroatoms. The van der Waals surface area contributed by atoms with Crippen LogP contribution in [0.5, 0.6) is 0 Å². The maximum Gasteiger partial charge on any atom is 0.280 e. The molecule has 13 nitrogen and oxygen atoms in total. The average Bonchev–Trinajstić information content (AvgIpc) is 2.81. The number of hydrogen-bond donors (Lipinski definition) is 7. The van der Waals surface area contributed by atoms with Crippen molar-refractivity contribution in [2.24, 2.45) is 9.98 Å². The number of aliphatic imine (C=N–C) groups is 2. The molecule has 2 rings (SSSR count). The fourth-order valence-electron chi connectivity index (χ4n) is 2.84. The normalized spacial score (nSPS) is 12.2. The molecule has 0 aliphatic rings. The Bertz CT molecular complexity index is 1110. The van der Waals surface area contributed by atoms with Crippen LogP contribution in [0.3, 0.4) is 0 Å². The SMILES string of the molecule is C=Nc1nc(N)[nH]c(=O)c1N=C(C)CNc1ccc(C(=O)N[C@H](CCC(=O)NC)C(O)O)cc1. The molecule has 0 aliphatic carbocycles. The minimum atomic E-state index is -1.81. The topological polar surface area (TPSA) is 207 Å². The van der Waals surface area contributed by atoms with E-state index in [0.717, 1.165) is 0 Å². The van der Waals surface area contributed by atoms with Crippen LogP contribution < -0.4 is 27.2 Å². The number of H-pyrrole nitrogens is 1. The number of amides is 2. The molecule has 0 fully saturated rings. The third-order valence-corrected chi connectivity index (χ3v) is 4.68. The summed E-state index contributed by atoms with van der Waals surface area (Å²) in [5, 5.41) is 27.0. The summed E-state index contributed by atoms with van der Waals surface area (Å²) in [6.07, 6.45) is -1.71. The molecule has 1 heterocycles. The number of aliphatic hydroxyl groups excluding tert-OH is 1. The van der Waals surface area contributed by atoms with Crippen LogP contribution in [0.15, 0.2) is 39.0 Å². The highest BCUT2D eigenvalue weighted by molar-refractivity contribution is 5.95. The quantitative estimate of drug-likeness (QED) is 0.172. The van der Waals surface area contributed by atoms with Gasteiger partial charge in [-0.1, -0.05) is 0 Å². The first-order chi connectivity index (χ1) is 16.1. The van der Waals surface area contributed by atoms with Gasteiger partial charge in [0.1, 0.15) is 0 Å². The van der Waals surface area contributed by atoms with Crippen molar-refractivity contribution in [2.75, 3.05) is 24.6 Å². The molecule has 0 unspecified atom stereocenters. The van der Waals surface area contributed by atoms with Gasteiger partial charge in [-0.3, -0.25) is 19.4 Å². The van der Waals surface area contributed by atoms with Gasteiger partial charge < -0.3 is 31.9 Å². The van der Waals surface area contributed by atoms with Crippen molar-refractivity contribution in [1.29, 1.82) is 0 Å². The van der Waals surface area contributed by atoms with Crippen LogP contribution in [-0.4, -0.2) is 70.3 Å². The van der Waals surface area contributed by atoms with Gasteiger partial charge in [-0.15, -0.1) is 0 Å². The molecule has 0 bridgehead atoms. The Morgan fingerprint density at radius 2 is 1.94 bits per heavy atom. The number of carbonyl (C=O) groups excluding carboxylic acids is 2. The van der Waals surface area contributed by atoms with E-state index in [2.05, 4.69) is 42.6 Å². The lowest BCUT2D eigenvalue weighted by molar-refractivity contribution is -0.121. The monoisotopic (exact) mass is 472 g/mol. The average molecular weight is 473 g/mol. The second kappa shape index (κ2) is 12.2. The minimum absolute atomic E-state index is 0.00689. The summed E-state index contributed by atoms with van der Waals surface area (Å²) in [5.41, 5.74) is 6.48. The summed E-state index contributed by atoms with van der Waals surface area (Å²) < 4.78 is 0. The number of aromatic nitrogens is 2. The first-order valence-electron chi connectivity index (χ1n) is 10.3. The number of nitrogen functional groups attached to an aromatic ring is 1. The molecule has 8 N–H and O–H groups in total. The first-order valence-corrected chi connectivity index (χ1v) is 10.3. The van der Waals surface area contributed by atoms with Gasteiger partial charge in [0, 0.05) is 30.4 Å². The van der Waals surface area contributed by atoms with Crippen LogP contribution >= 0.6 is 0 Å². The molecule has 34 heavy (non-hydrogen) atoms. The van der Waals surface area contributed by atoms with Gasteiger partial charge in [0.05, 0.1) is 12.6 Å². The van der Waals surface area contributed by atoms with E-state index < -0.39 is 23.8 Å². The number of nitrogens with one attached hydrogen (secondary N) is 4. The molecule has 0 aliphatic heterocycles. The zero-order valence-electron chi connectivity index (χ0n) is 18.8. The van der Waals surface area contributed by atoms with Gasteiger partial charge in [0.15, 0.2) is 17.8 Å². The molecule has 1 atom stereocenters. The van der Waals surface area contributed by atoms with E-state index in [4.69, 9.17) is 5.73 Å². The molecule has 0 saturated heterocycles. The molecule has 182 valence electrons. The van der Waals surface area contributed by atoms with Crippen LogP contribution in [0.25, 0.3) is 0 Å². The highest BCUT2D eigenvalue weighted by Crippen LogP contribution is 2.20. The lowest BCUT2D eigenvalue weighted by Gasteiger charge is -2.20. The second-order valence-electron chi connectivity index (χ2n) is 7.26. The highest BCUT2D eigenvalue weighted by atomic mass is 16.5. The van der Waals surface area contributed by atoms with E-state index in [1.165, 1.54) is 7.05 Å². The largest absolute Gasteiger partial charge is 0.380 e. The second-order valence-corrected chi connectivity index (χ2v) is 7.26. The Morgan fingerprint density at radius 1 is 1.26 bits per heavy atom. The van der Waals surface area contributed by atoms with Crippen LogP contribution in [0.2, 0.25) is 0 Å². The number of aromatic amines is 1. The number of anilines is 2. The Hall–Kier alpha value is -4.10. The lowest BCUT2D eigenvalue weighted by atomic mass is 10.1. The number of nitrogens with two attached hydrogens (primary N) is 1. The number of hydrogen-bond acceptors (Lipinski definition) is 10. The minimum Gasteiger partial charge on any atom is -0.380 e. The Balaban J connectivity index is 2.00. The van der Waals surface area contributed by atoms with Crippen LogP contribution in [-0.2, 0) is 4.79 Å². The summed E-state index contributed by atoms with van der Waals surface area (Å²) in [4.78, 5) is 50.0. The fraction of sp³-hybridized carbons (Fsp3) is 0.333. The third kappa shape index (κ3) is 7.50. The van der Waals surface area contributed by atoms with Gasteiger partial charge >= 0.3 is 0 Å². The molecule has 2 amide bonds. The van der Waals surface area contributed by atoms with Crippen LogP contribution in [0.1, 0.15) is 30.1 Å². The number of benzene rings is 1. The smallest absolute Gasteiger partial charge is 0.280 e. The van der Waals surface area contributed by atoms with Crippen molar-refractivity contribution in [3.8, 4) is 0 Å². The summed E-state index contributed by atoms with van der Waals surface area (Å²) in [6.45, 7) is 5.35. The fourth-order valence-corrected chi connectivity index (χ4v) is 2.84. The molecular formula is C21H28N8O5. The van der Waals surface area contributed by atoms with Gasteiger partial charge in [-0.2, -0.15) is 4.98 Å². The van der Waals surface area contributed by atoms with Gasteiger partial charge in [0.25, 0.3) is 11.5 Å². The third-order valence-electron chi connectivity index (χ3n) is 4.68. The van der Waals surface area contributed by atoms with E-state index in [-0.39, 0.29) is 42.7 Å². The van der Waals surface area contributed by atoms with E-state index >= 15 is 0 Å².